The predicted octanol–water partition coefficient (Wildman–Crippen LogP) is 2.86. The molecule has 2 heteroatoms. The smallest absolute Gasteiger partial charge is 0.111 e. The highest BCUT2D eigenvalue weighted by Crippen LogP contribution is 2.04. The van der Waals surface area contributed by atoms with Crippen LogP contribution in [0.15, 0.2) is 12.3 Å². The summed E-state index contributed by atoms with van der Waals surface area (Å²) >= 11 is 0. The van der Waals surface area contributed by atoms with E-state index in [-0.39, 0.29) is 0 Å². The molecule has 0 amide bonds. The van der Waals surface area contributed by atoms with Crippen molar-refractivity contribution < 1.29 is 4.84 Å². The Labute approximate surface area is 69.4 Å². The highest BCUT2D eigenvalue weighted by Gasteiger charge is 1.85. The Morgan fingerprint density at radius 1 is 1.18 bits per heavy atom. The van der Waals surface area contributed by atoms with Crippen molar-refractivity contribution in [2.75, 3.05) is 0 Å². The van der Waals surface area contributed by atoms with Gasteiger partial charge in [-0.1, -0.05) is 32.6 Å². The van der Waals surface area contributed by atoms with Crippen molar-refractivity contribution in [3.8, 4) is 0 Å². The van der Waals surface area contributed by atoms with Crippen LogP contribution < -0.4 is 5.90 Å². The van der Waals surface area contributed by atoms with Gasteiger partial charge in [-0.2, -0.15) is 0 Å². The molecule has 0 aliphatic heterocycles. The molecule has 0 aromatic heterocycles. The third-order valence-electron chi connectivity index (χ3n) is 1.63. The Bertz CT molecular complexity index is 91.6. The van der Waals surface area contributed by atoms with Gasteiger partial charge in [0, 0.05) is 0 Å². The maximum absolute atomic E-state index is 7.92. The molecule has 11 heavy (non-hydrogen) atoms. The van der Waals surface area contributed by atoms with E-state index < -0.39 is 0 Å². The molecular weight excluding hydrogens is 138 g/mol. The molecule has 0 unspecified atom stereocenters. The Kier molecular flexibility index (Phi) is 9.07. The monoisotopic (exact) mass is 155 g/mol. The average molecular weight is 155 g/mol. The SMILES string of the molecule is CCCCCCCC=CO[N]. The maximum Gasteiger partial charge on any atom is 0.111 e. The number of nitrogens with zero attached hydrogens (tertiary/aromatic N) is 1. The van der Waals surface area contributed by atoms with Crippen LogP contribution in [0.25, 0.3) is 0 Å². The molecule has 0 aromatic carbocycles. The van der Waals surface area contributed by atoms with E-state index in [4.69, 9.17) is 5.90 Å². The molecule has 0 rings (SSSR count). The Morgan fingerprint density at radius 3 is 2.55 bits per heavy atom. The van der Waals surface area contributed by atoms with E-state index in [0.29, 0.717) is 0 Å². The minimum Gasteiger partial charge on any atom is -0.376 e. The molecule has 0 spiro atoms. The van der Waals surface area contributed by atoms with Crippen molar-refractivity contribution in [1.29, 1.82) is 0 Å². The van der Waals surface area contributed by atoms with Gasteiger partial charge in [0.1, 0.15) is 12.2 Å². The number of hydrogen-bond donors (Lipinski definition) is 0. The highest BCUT2D eigenvalue weighted by atomic mass is 16.6. The fourth-order valence-electron chi connectivity index (χ4n) is 0.977. The topological polar surface area (TPSA) is 31.5 Å². The van der Waals surface area contributed by atoms with Gasteiger partial charge in [0.05, 0.1) is 0 Å². The molecule has 0 aliphatic rings. The molecule has 2 nitrogen and oxygen atoms in total. The van der Waals surface area contributed by atoms with Gasteiger partial charge in [-0.25, -0.2) is 0 Å². The zero-order valence-electron chi connectivity index (χ0n) is 7.25. The molecule has 0 bridgehead atoms. The summed E-state index contributed by atoms with van der Waals surface area (Å²) in [6.45, 7) is 2.21. The summed E-state index contributed by atoms with van der Waals surface area (Å²) in [5, 5.41) is 0. The summed E-state index contributed by atoms with van der Waals surface area (Å²) in [6.07, 6.45) is 10.6. The second-order valence-electron chi connectivity index (χ2n) is 2.68. The molecule has 0 atom stereocenters. The van der Waals surface area contributed by atoms with E-state index in [1.807, 2.05) is 6.08 Å². The molecule has 2 radical (unpaired) electrons. The Hall–Kier alpha value is -0.500. The van der Waals surface area contributed by atoms with E-state index in [2.05, 4.69) is 11.8 Å². The third kappa shape index (κ3) is 9.50. The minimum absolute atomic E-state index is 1.00. The summed E-state index contributed by atoms with van der Waals surface area (Å²) in [6, 6.07) is 0. The van der Waals surface area contributed by atoms with Crippen molar-refractivity contribution >= 4 is 0 Å². The first kappa shape index (κ1) is 10.5. The van der Waals surface area contributed by atoms with E-state index in [0.717, 1.165) is 6.42 Å². The van der Waals surface area contributed by atoms with Gasteiger partial charge in [-0.15, -0.1) is 0 Å². The second-order valence-corrected chi connectivity index (χ2v) is 2.68. The van der Waals surface area contributed by atoms with Gasteiger partial charge in [0.2, 0.25) is 0 Å². The first-order chi connectivity index (χ1) is 5.41. The van der Waals surface area contributed by atoms with E-state index in [1.165, 1.54) is 38.4 Å². The van der Waals surface area contributed by atoms with E-state index in [1.54, 1.807) is 0 Å². The second kappa shape index (κ2) is 9.50. The van der Waals surface area contributed by atoms with Crippen molar-refractivity contribution in [3.63, 3.8) is 0 Å². The molecule has 0 N–H and O–H groups in total. The summed E-state index contributed by atoms with van der Waals surface area (Å²) < 4.78 is 0. The first-order valence-corrected chi connectivity index (χ1v) is 4.37. The lowest BCUT2D eigenvalue weighted by atomic mass is 10.1. The van der Waals surface area contributed by atoms with Gasteiger partial charge < -0.3 is 4.84 Å². The van der Waals surface area contributed by atoms with Crippen LogP contribution >= 0.6 is 0 Å². The summed E-state index contributed by atoms with van der Waals surface area (Å²) in [5.74, 6) is 7.92. The van der Waals surface area contributed by atoms with Gasteiger partial charge in [-0.3, -0.25) is 0 Å². The lowest BCUT2D eigenvalue weighted by Crippen LogP contribution is -1.76. The maximum atomic E-state index is 7.92. The highest BCUT2D eigenvalue weighted by molar-refractivity contribution is 4.71. The fourth-order valence-corrected chi connectivity index (χ4v) is 0.977. The standard InChI is InChI=1S/C9H17NO/c1-2-3-4-5-6-7-8-9-11-10/h8-9H,2-7H2,1H3. The van der Waals surface area contributed by atoms with Crippen LogP contribution in [0.3, 0.4) is 0 Å². The van der Waals surface area contributed by atoms with Crippen molar-refractivity contribution in [2.24, 2.45) is 0 Å². The molecule has 0 heterocycles. The van der Waals surface area contributed by atoms with Gasteiger partial charge in [0.15, 0.2) is 0 Å². The molecule has 0 saturated carbocycles. The summed E-state index contributed by atoms with van der Waals surface area (Å²) in [7, 11) is 0. The average Bonchev–Trinajstić information content (AvgIpc) is 2.03. The van der Waals surface area contributed by atoms with Crippen LogP contribution in [0.4, 0.5) is 0 Å². The van der Waals surface area contributed by atoms with E-state index >= 15 is 0 Å². The normalized spacial score (nSPS) is 10.7. The van der Waals surface area contributed by atoms with E-state index in [9.17, 15) is 0 Å². The van der Waals surface area contributed by atoms with Crippen LogP contribution in [0.1, 0.15) is 45.4 Å². The largest absolute Gasteiger partial charge is 0.376 e. The van der Waals surface area contributed by atoms with Crippen molar-refractivity contribution in [3.05, 3.63) is 12.3 Å². The van der Waals surface area contributed by atoms with Crippen LogP contribution in [0.5, 0.6) is 0 Å². The van der Waals surface area contributed by atoms with Crippen LogP contribution in [-0.2, 0) is 4.84 Å². The van der Waals surface area contributed by atoms with Crippen molar-refractivity contribution in [2.45, 2.75) is 45.4 Å². The molecule has 64 valence electrons. The third-order valence-corrected chi connectivity index (χ3v) is 1.63. The first-order valence-electron chi connectivity index (χ1n) is 4.37. The molecular formula is C9H17NO. The molecule has 0 saturated heterocycles. The van der Waals surface area contributed by atoms with Gasteiger partial charge in [-0.05, 0) is 18.9 Å². The number of hydrogen-bond acceptors (Lipinski definition) is 1. The van der Waals surface area contributed by atoms with Crippen LogP contribution in [0, 0.1) is 0 Å². The lowest BCUT2D eigenvalue weighted by molar-refractivity contribution is 0.235. The fraction of sp³-hybridized carbons (Fsp3) is 0.778. The van der Waals surface area contributed by atoms with Crippen LogP contribution in [0.2, 0.25) is 0 Å². The quantitative estimate of drug-likeness (QED) is 0.316. The number of allylic oxidation sites excluding steroid dienone is 1. The minimum atomic E-state index is 1.00. The van der Waals surface area contributed by atoms with Crippen LogP contribution in [-0.4, -0.2) is 0 Å². The van der Waals surface area contributed by atoms with Crippen molar-refractivity contribution in [1.82, 2.24) is 5.90 Å². The summed E-state index contributed by atoms with van der Waals surface area (Å²) in [5.41, 5.74) is 0. The van der Waals surface area contributed by atoms with Gasteiger partial charge in [0.25, 0.3) is 0 Å². The molecule has 0 aliphatic carbocycles. The summed E-state index contributed by atoms with van der Waals surface area (Å²) in [4.78, 5) is 3.79. The zero-order valence-corrected chi connectivity index (χ0v) is 7.25. The number of rotatable bonds is 7. The molecule has 0 aromatic rings. The Balaban J connectivity index is 2.85. The lowest BCUT2D eigenvalue weighted by Gasteiger charge is -1.95. The Morgan fingerprint density at radius 2 is 1.91 bits per heavy atom. The number of unbranched alkanes of at least 4 members (excludes halogenated alkanes) is 5. The predicted molar refractivity (Wildman–Crippen MR) is 45.7 cm³/mol. The zero-order chi connectivity index (χ0) is 8.36. The van der Waals surface area contributed by atoms with Gasteiger partial charge >= 0.3 is 0 Å². The molecule has 0 fully saturated rings.